The quantitative estimate of drug-likeness (QED) is 0.193. The maximum absolute atomic E-state index is 12.8. The van der Waals surface area contributed by atoms with Crippen molar-refractivity contribution in [3.05, 3.63) is 90.0 Å². The predicted molar refractivity (Wildman–Crippen MR) is 159 cm³/mol. The standard InChI is InChI=1S/C30H28ClN3O5S/c1-3-34-27-8-6-5-7-24(27)25-17-21(11-15-28(25)34)32-30(35)19-39-29-16-14-23(18-26(29)31)40(36,37)33-20-9-12-22(13-10-20)38-4-2/h5-18,33H,3-4,19H2,1-2H3,(H,32,35). The molecule has 4 aromatic carbocycles. The molecule has 0 bridgehead atoms. The number of hydrogen-bond acceptors (Lipinski definition) is 5. The van der Waals surface area contributed by atoms with Crippen LogP contribution in [0.5, 0.6) is 11.5 Å². The summed E-state index contributed by atoms with van der Waals surface area (Å²) in [6.07, 6.45) is 0. The van der Waals surface area contributed by atoms with Crippen molar-refractivity contribution in [2.45, 2.75) is 25.3 Å². The Morgan fingerprint density at radius 3 is 2.30 bits per heavy atom. The maximum atomic E-state index is 12.8. The predicted octanol–water partition coefficient (Wildman–Crippen LogP) is 6.68. The van der Waals surface area contributed by atoms with Crippen LogP contribution in [0.4, 0.5) is 11.4 Å². The summed E-state index contributed by atoms with van der Waals surface area (Å²) in [5, 5.41) is 5.09. The fourth-order valence-electron chi connectivity index (χ4n) is 4.58. The van der Waals surface area contributed by atoms with Crippen LogP contribution in [0.3, 0.4) is 0 Å². The van der Waals surface area contributed by atoms with Gasteiger partial charge in [0.2, 0.25) is 0 Å². The highest BCUT2D eigenvalue weighted by Crippen LogP contribution is 2.31. The van der Waals surface area contributed by atoms with Gasteiger partial charge in [0.05, 0.1) is 16.5 Å². The first-order valence-electron chi connectivity index (χ1n) is 12.8. The topological polar surface area (TPSA) is 98.7 Å². The van der Waals surface area contributed by atoms with E-state index < -0.39 is 10.0 Å². The van der Waals surface area contributed by atoms with E-state index in [0.717, 1.165) is 28.4 Å². The number of hydrogen-bond donors (Lipinski definition) is 2. The Bertz CT molecular complexity index is 1800. The number of nitrogens with zero attached hydrogens (tertiary/aromatic N) is 1. The van der Waals surface area contributed by atoms with Crippen molar-refractivity contribution in [2.24, 2.45) is 0 Å². The van der Waals surface area contributed by atoms with Gasteiger partial charge in [-0.2, -0.15) is 0 Å². The molecule has 0 aliphatic carbocycles. The monoisotopic (exact) mass is 577 g/mol. The number of aryl methyl sites for hydroxylation is 1. The van der Waals surface area contributed by atoms with E-state index in [0.29, 0.717) is 23.7 Å². The largest absolute Gasteiger partial charge is 0.494 e. The van der Waals surface area contributed by atoms with Crippen molar-refractivity contribution < 1.29 is 22.7 Å². The molecule has 40 heavy (non-hydrogen) atoms. The molecule has 2 N–H and O–H groups in total. The molecule has 0 saturated carbocycles. The van der Waals surface area contributed by atoms with Crippen LogP contribution >= 0.6 is 11.6 Å². The number of carbonyl (C=O) groups excluding carboxylic acids is 1. The Balaban J connectivity index is 1.24. The molecule has 0 atom stereocenters. The van der Waals surface area contributed by atoms with Gasteiger partial charge in [-0.1, -0.05) is 29.8 Å². The zero-order valence-electron chi connectivity index (χ0n) is 22.0. The van der Waals surface area contributed by atoms with Gasteiger partial charge in [-0.05, 0) is 80.6 Å². The number of para-hydroxylation sites is 1. The lowest BCUT2D eigenvalue weighted by molar-refractivity contribution is -0.118. The average Bonchev–Trinajstić information content (AvgIpc) is 3.26. The van der Waals surface area contributed by atoms with Gasteiger partial charge >= 0.3 is 0 Å². The summed E-state index contributed by atoms with van der Waals surface area (Å²) in [5.41, 5.74) is 3.26. The summed E-state index contributed by atoms with van der Waals surface area (Å²) in [6, 6.07) is 24.6. The molecule has 8 nitrogen and oxygen atoms in total. The molecule has 1 amide bonds. The van der Waals surface area contributed by atoms with E-state index in [1.54, 1.807) is 24.3 Å². The lowest BCUT2D eigenvalue weighted by atomic mass is 10.1. The second-order valence-corrected chi connectivity index (χ2v) is 11.1. The first kappa shape index (κ1) is 27.4. The number of aromatic nitrogens is 1. The van der Waals surface area contributed by atoms with Crippen molar-refractivity contribution in [1.29, 1.82) is 0 Å². The SMILES string of the molecule is CCOc1ccc(NS(=O)(=O)c2ccc(OCC(=O)Nc3ccc4c(c3)c3ccccc3n4CC)c(Cl)c2)cc1. The minimum Gasteiger partial charge on any atom is -0.494 e. The van der Waals surface area contributed by atoms with E-state index in [-0.39, 0.29) is 28.2 Å². The summed E-state index contributed by atoms with van der Waals surface area (Å²) in [4.78, 5) is 12.6. The number of carbonyl (C=O) groups is 1. The average molecular weight is 578 g/mol. The van der Waals surface area contributed by atoms with Crippen molar-refractivity contribution in [1.82, 2.24) is 4.57 Å². The Hall–Kier alpha value is -4.21. The zero-order valence-corrected chi connectivity index (χ0v) is 23.6. The molecule has 0 radical (unpaired) electrons. The van der Waals surface area contributed by atoms with E-state index in [1.165, 1.54) is 18.2 Å². The van der Waals surface area contributed by atoms with Crippen LogP contribution in [0.25, 0.3) is 21.8 Å². The van der Waals surface area contributed by atoms with Crippen molar-refractivity contribution in [3.8, 4) is 11.5 Å². The summed E-state index contributed by atoms with van der Waals surface area (Å²) in [6.45, 7) is 5.02. The van der Waals surface area contributed by atoms with Crippen LogP contribution in [0.1, 0.15) is 13.8 Å². The van der Waals surface area contributed by atoms with Crippen molar-refractivity contribution in [2.75, 3.05) is 23.3 Å². The first-order valence-corrected chi connectivity index (χ1v) is 14.6. The normalized spacial score (nSPS) is 11.5. The minimum atomic E-state index is -3.90. The number of anilines is 2. The van der Waals surface area contributed by atoms with Gasteiger partial charge in [-0.25, -0.2) is 8.42 Å². The third-order valence-corrected chi connectivity index (χ3v) is 8.04. The van der Waals surface area contributed by atoms with Crippen molar-refractivity contribution in [3.63, 3.8) is 0 Å². The van der Waals surface area contributed by atoms with Gasteiger partial charge in [0, 0.05) is 39.7 Å². The van der Waals surface area contributed by atoms with Crippen LogP contribution in [0.2, 0.25) is 5.02 Å². The van der Waals surface area contributed by atoms with E-state index in [4.69, 9.17) is 21.1 Å². The summed E-state index contributed by atoms with van der Waals surface area (Å²) >= 11 is 6.31. The molecular formula is C30H28ClN3O5S. The minimum absolute atomic E-state index is 0.0391. The molecule has 1 aromatic heterocycles. The highest BCUT2D eigenvalue weighted by atomic mass is 35.5. The number of nitrogens with one attached hydrogen (secondary N) is 2. The molecule has 1 heterocycles. The summed E-state index contributed by atoms with van der Waals surface area (Å²) in [7, 11) is -3.90. The van der Waals surface area contributed by atoms with Gasteiger partial charge in [0.15, 0.2) is 6.61 Å². The molecule has 0 aliphatic heterocycles. The van der Waals surface area contributed by atoms with Crippen LogP contribution in [0.15, 0.2) is 89.8 Å². The lowest BCUT2D eigenvalue weighted by Crippen LogP contribution is -2.20. The number of ether oxygens (including phenoxy) is 2. The second-order valence-electron chi connectivity index (χ2n) is 8.99. The highest BCUT2D eigenvalue weighted by molar-refractivity contribution is 7.92. The number of halogens is 1. The smallest absolute Gasteiger partial charge is 0.262 e. The van der Waals surface area contributed by atoms with Gasteiger partial charge in [-0.15, -0.1) is 0 Å². The van der Waals surface area contributed by atoms with E-state index >= 15 is 0 Å². The van der Waals surface area contributed by atoms with Crippen LogP contribution < -0.4 is 19.5 Å². The van der Waals surface area contributed by atoms with Gasteiger partial charge < -0.3 is 19.4 Å². The Kier molecular flexibility index (Phi) is 7.86. The molecule has 5 rings (SSSR count). The fourth-order valence-corrected chi connectivity index (χ4v) is 5.96. The molecule has 206 valence electrons. The summed E-state index contributed by atoms with van der Waals surface area (Å²) in [5.74, 6) is 0.463. The van der Waals surface area contributed by atoms with E-state index in [1.807, 2.05) is 37.3 Å². The van der Waals surface area contributed by atoms with Crippen LogP contribution in [-0.2, 0) is 21.4 Å². The van der Waals surface area contributed by atoms with Gasteiger partial charge in [-0.3, -0.25) is 9.52 Å². The Labute approximate surface area is 237 Å². The lowest BCUT2D eigenvalue weighted by Gasteiger charge is -2.12. The van der Waals surface area contributed by atoms with E-state index in [2.05, 4.69) is 33.7 Å². The third-order valence-electron chi connectivity index (χ3n) is 6.36. The molecule has 0 saturated heterocycles. The molecule has 0 fully saturated rings. The molecule has 0 aliphatic rings. The van der Waals surface area contributed by atoms with Gasteiger partial charge in [0.1, 0.15) is 11.5 Å². The molecule has 0 unspecified atom stereocenters. The highest BCUT2D eigenvalue weighted by Gasteiger charge is 2.17. The fraction of sp³-hybridized carbons (Fsp3) is 0.167. The molecule has 5 aromatic rings. The molecular weight excluding hydrogens is 550 g/mol. The zero-order chi connectivity index (χ0) is 28.3. The van der Waals surface area contributed by atoms with Gasteiger partial charge in [0.25, 0.3) is 15.9 Å². The maximum Gasteiger partial charge on any atom is 0.262 e. The summed E-state index contributed by atoms with van der Waals surface area (Å²) < 4.78 is 41.4. The Morgan fingerprint density at radius 2 is 1.57 bits per heavy atom. The number of rotatable bonds is 10. The number of fused-ring (bicyclic) bond motifs is 3. The molecule has 10 heteroatoms. The number of amides is 1. The Morgan fingerprint density at radius 1 is 0.850 bits per heavy atom. The van der Waals surface area contributed by atoms with E-state index in [9.17, 15) is 13.2 Å². The first-order chi connectivity index (χ1) is 19.3. The third kappa shape index (κ3) is 5.71. The number of sulfonamides is 1. The van der Waals surface area contributed by atoms with Crippen LogP contribution in [0, 0.1) is 0 Å². The molecule has 0 spiro atoms. The van der Waals surface area contributed by atoms with Crippen LogP contribution in [-0.4, -0.2) is 32.1 Å². The number of benzene rings is 4. The second kappa shape index (κ2) is 11.5. The van der Waals surface area contributed by atoms with Crippen molar-refractivity contribution >= 4 is 60.7 Å².